The number of amides is 1. The summed E-state index contributed by atoms with van der Waals surface area (Å²) < 4.78 is 25.3. The number of rotatable bonds is 5. The van der Waals surface area contributed by atoms with Gasteiger partial charge in [0.15, 0.2) is 0 Å². The highest BCUT2D eigenvalue weighted by Gasteiger charge is 2.27. The van der Waals surface area contributed by atoms with Gasteiger partial charge in [-0.25, -0.2) is 8.78 Å². The van der Waals surface area contributed by atoms with Gasteiger partial charge < -0.3 is 10.4 Å². The van der Waals surface area contributed by atoms with E-state index in [4.69, 9.17) is 5.11 Å². The van der Waals surface area contributed by atoms with Gasteiger partial charge in [-0.1, -0.05) is 29.8 Å². The van der Waals surface area contributed by atoms with Crippen molar-refractivity contribution in [2.45, 2.75) is 12.8 Å². The van der Waals surface area contributed by atoms with E-state index in [2.05, 4.69) is 0 Å². The molecule has 0 atom stereocenters. The SMILES string of the molecule is Cc1ccc(/C=C/C(=O)NCC(F)(F)CO)cc1. The molecule has 0 aliphatic rings. The van der Waals surface area contributed by atoms with Crippen LogP contribution in [0, 0.1) is 6.92 Å². The molecule has 1 amide bonds. The van der Waals surface area contributed by atoms with Crippen LogP contribution in [-0.4, -0.2) is 30.1 Å². The summed E-state index contributed by atoms with van der Waals surface area (Å²) in [7, 11) is 0. The summed E-state index contributed by atoms with van der Waals surface area (Å²) in [6.07, 6.45) is 2.71. The van der Waals surface area contributed by atoms with Crippen molar-refractivity contribution >= 4 is 12.0 Å². The van der Waals surface area contributed by atoms with Crippen LogP contribution >= 0.6 is 0 Å². The number of aryl methyl sites for hydroxylation is 1. The van der Waals surface area contributed by atoms with Gasteiger partial charge in [-0.2, -0.15) is 0 Å². The van der Waals surface area contributed by atoms with Gasteiger partial charge in [0.25, 0.3) is 5.92 Å². The van der Waals surface area contributed by atoms with E-state index in [1.807, 2.05) is 36.5 Å². The number of carbonyl (C=O) groups is 1. The van der Waals surface area contributed by atoms with Crippen LogP contribution < -0.4 is 5.32 Å². The Morgan fingerprint density at radius 1 is 1.39 bits per heavy atom. The molecule has 18 heavy (non-hydrogen) atoms. The molecule has 5 heteroatoms. The number of alkyl halides is 2. The highest BCUT2D eigenvalue weighted by Crippen LogP contribution is 2.09. The van der Waals surface area contributed by atoms with Crippen molar-refractivity contribution in [2.75, 3.05) is 13.2 Å². The van der Waals surface area contributed by atoms with Gasteiger partial charge >= 0.3 is 0 Å². The summed E-state index contributed by atoms with van der Waals surface area (Å²) in [5.41, 5.74) is 1.91. The molecule has 0 unspecified atom stereocenters. The smallest absolute Gasteiger partial charge is 0.287 e. The second-order valence-electron chi connectivity index (χ2n) is 3.98. The summed E-state index contributed by atoms with van der Waals surface area (Å²) in [4.78, 5) is 11.2. The normalized spacial score (nSPS) is 11.8. The van der Waals surface area contributed by atoms with Crippen LogP contribution in [0.15, 0.2) is 30.3 Å². The molecular formula is C13H15F2NO2. The first-order valence-electron chi connectivity index (χ1n) is 5.44. The van der Waals surface area contributed by atoms with Crippen molar-refractivity contribution in [3.8, 4) is 0 Å². The largest absolute Gasteiger partial charge is 0.390 e. The van der Waals surface area contributed by atoms with E-state index in [1.165, 1.54) is 12.2 Å². The lowest BCUT2D eigenvalue weighted by Crippen LogP contribution is -2.38. The van der Waals surface area contributed by atoms with Gasteiger partial charge in [0.2, 0.25) is 5.91 Å². The van der Waals surface area contributed by atoms with Crippen molar-refractivity contribution in [2.24, 2.45) is 0 Å². The molecule has 0 spiro atoms. The molecule has 0 heterocycles. The van der Waals surface area contributed by atoms with Crippen molar-refractivity contribution in [3.63, 3.8) is 0 Å². The maximum Gasteiger partial charge on any atom is 0.287 e. The molecule has 1 rings (SSSR count). The third kappa shape index (κ3) is 5.05. The minimum Gasteiger partial charge on any atom is -0.390 e. The zero-order valence-corrected chi connectivity index (χ0v) is 9.99. The zero-order valence-electron chi connectivity index (χ0n) is 9.99. The average molecular weight is 255 g/mol. The Hall–Kier alpha value is -1.75. The van der Waals surface area contributed by atoms with E-state index in [0.717, 1.165) is 11.1 Å². The lowest BCUT2D eigenvalue weighted by Gasteiger charge is -2.12. The summed E-state index contributed by atoms with van der Waals surface area (Å²) in [6.45, 7) is -0.216. The summed E-state index contributed by atoms with van der Waals surface area (Å²) in [5, 5.41) is 10.3. The van der Waals surface area contributed by atoms with E-state index in [0.29, 0.717) is 0 Å². The number of halogens is 2. The topological polar surface area (TPSA) is 49.3 Å². The molecule has 0 fully saturated rings. The summed E-state index contributed by atoms with van der Waals surface area (Å²) >= 11 is 0. The lowest BCUT2D eigenvalue weighted by atomic mass is 10.1. The Labute approximate surface area is 104 Å². The third-order valence-corrected chi connectivity index (χ3v) is 2.26. The minimum absolute atomic E-state index is 0.622. The minimum atomic E-state index is -3.28. The first-order chi connectivity index (χ1) is 8.43. The van der Waals surface area contributed by atoms with Gasteiger partial charge in [0, 0.05) is 6.08 Å². The number of hydrogen-bond donors (Lipinski definition) is 2. The van der Waals surface area contributed by atoms with E-state index >= 15 is 0 Å². The third-order valence-electron chi connectivity index (χ3n) is 2.26. The second-order valence-corrected chi connectivity index (χ2v) is 3.98. The van der Waals surface area contributed by atoms with Crippen LogP contribution in [0.4, 0.5) is 8.78 Å². The molecule has 2 N–H and O–H groups in total. The predicted octanol–water partition coefficient (Wildman–Crippen LogP) is 1.75. The maximum atomic E-state index is 12.6. The molecule has 0 radical (unpaired) electrons. The average Bonchev–Trinajstić information content (AvgIpc) is 2.36. The van der Waals surface area contributed by atoms with E-state index in [9.17, 15) is 13.6 Å². The Morgan fingerprint density at radius 3 is 2.56 bits per heavy atom. The molecular weight excluding hydrogens is 240 g/mol. The molecule has 0 saturated carbocycles. The second kappa shape index (κ2) is 6.26. The maximum absolute atomic E-state index is 12.6. The first-order valence-corrected chi connectivity index (χ1v) is 5.44. The van der Waals surface area contributed by atoms with Crippen LogP contribution in [0.25, 0.3) is 6.08 Å². The standard InChI is InChI=1S/C13H15F2NO2/c1-10-2-4-11(5-3-10)6-7-12(18)16-8-13(14,15)9-17/h2-7,17H,8-9H2,1H3,(H,16,18)/b7-6+. The van der Waals surface area contributed by atoms with Gasteiger partial charge in [-0.15, -0.1) is 0 Å². The monoisotopic (exact) mass is 255 g/mol. The fourth-order valence-corrected chi connectivity index (χ4v) is 1.18. The zero-order chi connectivity index (χ0) is 13.6. The van der Waals surface area contributed by atoms with Gasteiger partial charge in [-0.3, -0.25) is 4.79 Å². The van der Waals surface area contributed by atoms with Crippen LogP contribution in [0.1, 0.15) is 11.1 Å². The highest BCUT2D eigenvalue weighted by atomic mass is 19.3. The Morgan fingerprint density at radius 2 is 2.00 bits per heavy atom. The Balaban J connectivity index is 2.47. The van der Waals surface area contributed by atoms with Crippen molar-refractivity contribution < 1.29 is 18.7 Å². The van der Waals surface area contributed by atoms with Gasteiger partial charge in [0.1, 0.15) is 6.61 Å². The van der Waals surface area contributed by atoms with Crippen LogP contribution in [-0.2, 0) is 4.79 Å². The van der Waals surface area contributed by atoms with Gasteiger partial charge in [0.05, 0.1) is 6.54 Å². The molecule has 0 aliphatic heterocycles. The highest BCUT2D eigenvalue weighted by molar-refractivity contribution is 5.91. The Bertz CT molecular complexity index is 427. The number of benzene rings is 1. The molecule has 0 bridgehead atoms. The first kappa shape index (κ1) is 14.3. The van der Waals surface area contributed by atoms with Gasteiger partial charge in [-0.05, 0) is 18.6 Å². The molecule has 0 aliphatic carbocycles. The Kier molecular flexibility index (Phi) is 4.97. The van der Waals surface area contributed by atoms with E-state index in [1.54, 1.807) is 0 Å². The van der Waals surface area contributed by atoms with Crippen LogP contribution in [0.5, 0.6) is 0 Å². The van der Waals surface area contributed by atoms with Crippen molar-refractivity contribution in [1.29, 1.82) is 0 Å². The number of nitrogens with one attached hydrogen (secondary N) is 1. The quantitative estimate of drug-likeness (QED) is 0.787. The summed E-state index contributed by atoms with van der Waals surface area (Å²) in [6, 6.07) is 7.41. The number of aliphatic hydroxyl groups is 1. The predicted molar refractivity (Wildman–Crippen MR) is 65.3 cm³/mol. The van der Waals surface area contributed by atoms with E-state index in [-0.39, 0.29) is 0 Å². The molecule has 0 aromatic heterocycles. The molecule has 1 aromatic rings. The van der Waals surface area contributed by atoms with Crippen LogP contribution in [0.2, 0.25) is 0 Å². The molecule has 3 nitrogen and oxygen atoms in total. The lowest BCUT2D eigenvalue weighted by molar-refractivity contribution is -0.119. The van der Waals surface area contributed by atoms with Crippen LogP contribution in [0.3, 0.4) is 0 Å². The number of aliphatic hydroxyl groups excluding tert-OH is 1. The number of carbonyl (C=O) groups excluding carboxylic acids is 1. The fraction of sp³-hybridized carbons (Fsp3) is 0.308. The molecule has 1 aromatic carbocycles. The summed E-state index contributed by atoms with van der Waals surface area (Å²) in [5.74, 6) is -3.91. The van der Waals surface area contributed by atoms with E-state index < -0.39 is 25.0 Å². The fourth-order valence-electron chi connectivity index (χ4n) is 1.18. The number of hydrogen-bond acceptors (Lipinski definition) is 2. The van der Waals surface area contributed by atoms with Crippen molar-refractivity contribution in [3.05, 3.63) is 41.5 Å². The molecule has 0 saturated heterocycles. The van der Waals surface area contributed by atoms with Crippen molar-refractivity contribution in [1.82, 2.24) is 5.32 Å². The molecule has 98 valence electrons.